The summed E-state index contributed by atoms with van der Waals surface area (Å²) >= 11 is 7.25. The predicted molar refractivity (Wildman–Crippen MR) is 113 cm³/mol. The van der Waals surface area contributed by atoms with E-state index in [-0.39, 0.29) is 12.2 Å². The van der Waals surface area contributed by atoms with Crippen LogP contribution in [0.5, 0.6) is 11.5 Å². The lowest BCUT2D eigenvalue weighted by atomic mass is 10.0. The highest BCUT2D eigenvalue weighted by molar-refractivity contribution is 7.15. The van der Waals surface area contributed by atoms with Crippen molar-refractivity contribution in [3.63, 3.8) is 0 Å². The molecule has 150 valence electrons. The Morgan fingerprint density at radius 2 is 1.79 bits per heavy atom. The molecule has 6 nitrogen and oxygen atoms in total. The van der Waals surface area contributed by atoms with Crippen molar-refractivity contribution in [1.82, 2.24) is 0 Å². The minimum atomic E-state index is -0.542. The molecule has 0 aliphatic rings. The lowest BCUT2D eigenvalue weighted by molar-refractivity contribution is -0.118. The number of halogens is 1. The lowest BCUT2D eigenvalue weighted by Crippen LogP contribution is -2.21. The number of methoxy groups -OCH3 is 2. The first-order valence-corrected chi connectivity index (χ1v) is 9.80. The van der Waals surface area contributed by atoms with Crippen LogP contribution < -0.4 is 14.8 Å². The molecule has 0 spiro atoms. The highest BCUT2D eigenvalue weighted by Gasteiger charge is 2.22. The van der Waals surface area contributed by atoms with Crippen molar-refractivity contribution in [2.45, 2.75) is 0 Å². The number of hydrogen-bond acceptors (Lipinski definition) is 6. The minimum absolute atomic E-state index is 0.250. The molecule has 0 fully saturated rings. The number of thiophene rings is 1. The molecule has 0 atom stereocenters. The normalized spacial score (nSPS) is 10.3. The fourth-order valence-electron chi connectivity index (χ4n) is 2.61. The molecule has 0 aliphatic carbocycles. The van der Waals surface area contributed by atoms with E-state index in [9.17, 15) is 9.59 Å². The summed E-state index contributed by atoms with van der Waals surface area (Å²) in [5.41, 5.74) is 1.75. The standard InChI is InChI=1S/C21H18ClNO5S/c1-26-14-9-7-13(8-10-14)15-12-29-20(19(15)21(25)27-2)23-18(24)11-28-17-6-4-3-5-16(17)22/h3-10,12H,11H2,1-2H3,(H,23,24). The molecule has 29 heavy (non-hydrogen) atoms. The second-order valence-electron chi connectivity index (χ2n) is 5.84. The molecule has 1 N–H and O–H groups in total. The van der Waals surface area contributed by atoms with Gasteiger partial charge < -0.3 is 19.5 Å². The summed E-state index contributed by atoms with van der Waals surface area (Å²) < 4.78 is 15.5. The van der Waals surface area contributed by atoms with Gasteiger partial charge in [-0.25, -0.2) is 4.79 Å². The average molecular weight is 432 g/mol. The molecule has 1 aromatic heterocycles. The highest BCUT2D eigenvalue weighted by atomic mass is 35.5. The lowest BCUT2D eigenvalue weighted by Gasteiger charge is -2.10. The molecule has 0 saturated heterocycles. The number of benzene rings is 2. The van der Waals surface area contributed by atoms with Gasteiger partial charge in [0.25, 0.3) is 5.91 Å². The van der Waals surface area contributed by atoms with Crippen LogP contribution in [0, 0.1) is 0 Å². The maximum absolute atomic E-state index is 12.4. The molecule has 1 amide bonds. The van der Waals surface area contributed by atoms with Gasteiger partial charge in [0.05, 0.1) is 19.2 Å². The highest BCUT2D eigenvalue weighted by Crippen LogP contribution is 2.36. The molecule has 3 rings (SSSR count). The predicted octanol–water partition coefficient (Wildman–Crippen LogP) is 4.88. The van der Waals surface area contributed by atoms with Gasteiger partial charge in [-0.05, 0) is 29.8 Å². The summed E-state index contributed by atoms with van der Waals surface area (Å²) in [5, 5.41) is 5.30. The molecule has 0 saturated carbocycles. The van der Waals surface area contributed by atoms with Crippen LogP contribution in [-0.4, -0.2) is 32.7 Å². The van der Waals surface area contributed by atoms with Gasteiger partial charge in [0.2, 0.25) is 0 Å². The average Bonchev–Trinajstić information content (AvgIpc) is 3.16. The van der Waals surface area contributed by atoms with Gasteiger partial charge in [0.15, 0.2) is 6.61 Å². The number of rotatable bonds is 7. The second kappa shape index (κ2) is 9.45. The third-order valence-electron chi connectivity index (χ3n) is 4.03. The van der Waals surface area contributed by atoms with Crippen LogP contribution in [-0.2, 0) is 9.53 Å². The Bertz CT molecular complexity index is 1020. The van der Waals surface area contributed by atoms with Crippen molar-refractivity contribution >= 4 is 39.8 Å². The fourth-order valence-corrected chi connectivity index (χ4v) is 3.77. The van der Waals surface area contributed by atoms with Gasteiger partial charge in [-0.15, -0.1) is 11.3 Å². The van der Waals surface area contributed by atoms with E-state index in [0.29, 0.717) is 27.1 Å². The van der Waals surface area contributed by atoms with E-state index in [1.807, 2.05) is 12.1 Å². The zero-order valence-corrected chi connectivity index (χ0v) is 17.3. The van der Waals surface area contributed by atoms with E-state index in [1.54, 1.807) is 48.9 Å². The maximum atomic E-state index is 12.4. The number of ether oxygens (including phenoxy) is 3. The van der Waals surface area contributed by atoms with Gasteiger partial charge in [-0.1, -0.05) is 35.9 Å². The summed E-state index contributed by atoms with van der Waals surface area (Å²) in [7, 11) is 2.88. The number of carbonyl (C=O) groups excluding carboxylic acids is 2. The van der Waals surface area contributed by atoms with Crippen molar-refractivity contribution in [3.05, 3.63) is 64.5 Å². The summed E-state index contributed by atoms with van der Waals surface area (Å²) in [6.45, 7) is -0.250. The SMILES string of the molecule is COC(=O)c1c(-c2ccc(OC)cc2)csc1NC(=O)COc1ccccc1Cl. The maximum Gasteiger partial charge on any atom is 0.341 e. The van der Waals surface area contributed by atoms with Crippen molar-refractivity contribution < 1.29 is 23.8 Å². The van der Waals surface area contributed by atoms with Crippen LogP contribution in [0.25, 0.3) is 11.1 Å². The fraction of sp³-hybridized carbons (Fsp3) is 0.143. The number of para-hydroxylation sites is 1. The van der Waals surface area contributed by atoms with E-state index >= 15 is 0 Å². The molecular weight excluding hydrogens is 414 g/mol. The molecule has 0 bridgehead atoms. The van der Waals surface area contributed by atoms with Crippen LogP contribution in [0.15, 0.2) is 53.9 Å². The smallest absolute Gasteiger partial charge is 0.341 e. The number of anilines is 1. The molecular formula is C21H18ClNO5S. The van der Waals surface area contributed by atoms with E-state index in [2.05, 4.69) is 5.32 Å². The molecule has 1 heterocycles. The first-order chi connectivity index (χ1) is 14.0. The Hall–Kier alpha value is -3.03. The first kappa shape index (κ1) is 20.7. The summed E-state index contributed by atoms with van der Waals surface area (Å²) in [4.78, 5) is 24.7. The Kier molecular flexibility index (Phi) is 6.74. The van der Waals surface area contributed by atoms with Gasteiger partial charge >= 0.3 is 5.97 Å². The van der Waals surface area contributed by atoms with Crippen LogP contribution in [0.1, 0.15) is 10.4 Å². The van der Waals surface area contributed by atoms with E-state index in [1.165, 1.54) is 18.4 Å². The topological polar surface area (TPSA) is 73.9 Å². The largest absolute Gasteiger partial charge is 0.497 e. The number of esters is 1. The minimum Gasteiger partial charge on any atom is -0.497 e. The molecule has 0 aliphatic heterocycles. The van der Waals surface area contributed by atoms with Crippen LogP contribution >= 0.6 is 22.9 Å². The molecule has 8 heteroatoms. The monoisotopic (exact) mass is 431 g/mol. The quantitative estimate of drug-likeness (QED) is 0.539. The third kappa shape index (κ3) is 4.88. The summed E-state index contributed by atoms with van der Waals surface area (Å²) in [6.07, 6.45) is 0. The van der Waals surface area contributed by atoms with Crippen LogP contribution in [0.2, 0.25) is 5.02 Å². The Labute approximate surface area is 177 Å². The number of nitrogens with one attached hydrogen (secondary N) is 1. The van der Waals surface area contributed by atoms with Gasteiger partial charge in [-0.3, -0.25) is 4.79 Å². The second-order valence-corrected chi connectivity index (χ2v) is 7.13. The van der Waals surface area contributed by atoms with Gasteiger partial charge in [-0.2, -0.15) is 0 Å². The van der Waals surface area contributed by atoms with E-state index < -0.39 is 11.9 Å². The number of hydrogen-bond donors (Lipinski definition) is 1. The Morgan fingerprint density at radius 1 is 1.07 bits per heavy atom. The molecule has 0 radical (unpaired) electrons. The summed E-state index contributed by atoms with van der Waals surface area (Å²) in [6, 6.07) is 14.1. The Balaban J connectivity index is 1.79. The Morgan fingerprint density at radius 3 is 2.45 bits per heavy atom. The van der Waals surface area contributed by atoms with Crippen molar-refractivity contribution in [3.8, 4) is 22.6 Å². The number of amides is 1. The van der Waals surface area contributed by atoms with Crippen LogP contribution in [0.3, 0.4) is 0 Å². The molecule has 2 aromatic carbocycles. The number of carbonyl (C=O) groups is 2. The van der Waals surface area contributed by atoms with Gasteiger partial charge in [0, 0.05) is 10.9 Å². The third-order valence-corrected chi connectivity index (χ3v) is 5.24. The van der Waals surface area contributed by atoms with E-state index in [4.69, 9.17) is 25.8 Å². The molecule has 0 unspecified atom stereocenters. The van der Waals surface area contributed by atoms with E-state index in [0.717, 1.165) is 5.56 Å². The van der Waals surface area contributed by atoms with Crippen molar-refractivity contribution in [2.24, 2.45) is 0 Å². The van der Waals surface area contributed by atoms with Crippen LogP contribution in [0.4, 0.5) is 5.00 Å². The van der Waals surface area contributed by atoms with Crippen molar-refractivity contribution in [2.75, 3.05) is 26.1 Å². The van der Waals surface area contributed by atoms with Crippen molar-refractivity contribution in [1.29, 1.82) is 0 Å². The molecule has 3 aromatic rings. The zero-order valence-electron chi connectivity index (χ0n) is 15.7. The first-order valence-electron chi connectivity index (χ1n) is 8.55. The summed E-state index contributed by atoms with van der Waals surface area (Å²) in [5.74, 6) is 0.147. The van der Waals surface area contributed by atoms with Gasteiger partial charge in [0.1, 0.15) is 22.1 Å². The zero-order chi connectivity index (χ0) is 20.8.